The van der Waals surface area contributed by atoms with E-state index in [-0.39, 0.29) is 0 Å². The van der Waals surface area contributed by atoms with E-state index in [0.717, 1.165) is 41.1 Å². The Balaban J connectivity index is 1.95. The third-order valence-corrected chi connectivity index (χ3v) is 4.49. The highest BCUT2D eigenvalue weighted by Gasteiger charge is 2.22. The maximum atomic E-state index is 6.25. The van der Waals surface area contributed by atoms with E-state index in [0.29, 0.717) is 17.6 Å². The highest BCUT2D eigenvalue weighted by molar-refractivity contribution is 9.10. The number of ether oxygens (including phenoxy) is 1. The van der Waals surface area contributed by atoms with Gasteiger partial charge in [-0.15, -0.1) is 0 Å². The highest BCUT2D eigenvalue weighted by atomic mass is 79.9. The minimum absolute atomic E-state index is 0.352. The minimum atomic E-state index is 0.352. The van der Waals surface area contributed by atoms with Gasteiger partial charge in [-0.3, -0.25) is 4.98 Å². The summed E-state index contributed by atoms with van der Waals surface area (Å²) < 4.78 is 6.11. The van der Waals surface area contributed by atoms with Gasteiger partial charge in [-0.2, -0.15) is 0 Å². The summed E-state index contributed by atoms with van der Waals surface area (Å²) in [7, 11) is 1.62. The molecule has 3 heterocycles. The van der Waals surface area contributed by atoms with Crippen LogP contribution in [0.1, 0.15) is 22.6 Å². The zero-order valence-corrected chi connectivity index (χ0v) is 14.8. The van der Waals surface area contributed by atoms with Crippen LogP contribution in [0.5, 0.6) is 0 Å². The van der Waals surface area contributed by atoms with Crippen molar-refractivity contribution in [2.45, 2.75) is 26.5 Å². The molecule has 1 aliphatic heterocycles. The van der Waals surface area contributed by atoms with Crippen LogP contribution in [-0.2, 0) is 24.3 Å². The van der Waals surface area contributed by atoms with Gasteiger partial charge in [-0.1, -0.05) is 11.6 Å². The Morgan fingerprint density at radius 1 is 1.41 bits per heavy atom. The summed E-state index contributed by atoms with van der Waals surface area (Å²) in [4.78, 5) is 15.6. The van der Waals surface area contributed by atoms with Gasteiger partial charge in [0.05, 0.1) is 0 Å². The number of anilines is 1. The van der Waals surface area contributed by atoms with Crippen molar-refractivity contribution in [3.8, 4) is 0 Å². The summed E-state index contributed by atoms with van der Waals surface area (Å²) in [5, 5.41) is 0.482. The van der Waals surface area contributed by atoms with E-state index in [4.69, 9.17) is 16.3 Å². The van der Waals surface area contributed by atoms with Crippen LogP contribution in [0.15, 0.2) is 16.7 Å². The Hall–Kier alpha value is -1.24. The van der Waals surface area contributed by atoms with Crippen molar-refractivity contribution in [2.75, 3.05) is 18.6 Å². The molecule has 7 heteroatoms. The second-order valence-electron chi connectivity index (χ2n) is 5.24. The fourth-order valence-corrected chi connectivity index (χ4v) is 3.16. The Morgan fingerprint density at radius 2 is 2.23 bits per heavy atom. The lowest BCUT2D eigenvalue weighted by Gasteiger charge is -2.30. The van der Waals surface area contributed by atoms with Crippen LogP contribution in [0.25, 0.3) is 0 Å². The van der Waals surface area contributed by atoms with Gasteiger partial charge in [0.1, 0.15) is 17.6 Å². The standard InChI is InChI=1S/C15H16BrClN4O/c1-9-14(17)19-13(8-22-2)20-15(9)21-4-3-12-10(7-21)5-11(16)6-18-12/h5-6H,3-4,7-8H2,1-2H3. The van der Waals surface area contributed by atoms with Crippen molar-refractivity contribution in [3.05, 3.63) is 44.5 Å². The Bertz CT molecular complexity index is 710. The molecule has 3 rings (SSSR count). The molecule has 0 atom stereocenters. The number of pyridine rings is 1. The van der Waals surface area contributed by atoms with Crippen molar-refractivity contribution in [1.82, 2.24) is 15.0 Å². The number of hydrogen-bond acceptors (Lipinski definition) is 5. The minimum Gasteiger partial charge on any atom is -0.377 e. The van der Waals surface area contributed by atoms with Crippen LogP contribution in [-0.4, -0.2) is 28.6 Å². The lowest BCUT2D eigenvalue weighted by Crippen LogP contribution is -2.32. The largest absolute Gasteiger partial charge is 0.377 e. The Morgan fingerprint density at radius 3 is 3.00 bits per heavy atom. The molecule has 0 unspecified atom stereocenters. The number of hydrogen-bond donors (Lipinski definition) is 0. The molecule has 0 spiro atoms. The SMILES string of the molecule is COCc1nc(Cl)c(C)c(N2CCc3ncc(Br)cc3C2)n1. The van der Waals surface area contributed by atoms with Crippen LogP contribution in [0.4, 0.5) is 5.82 Å². The van der Waals surface area contributed by atoms with Crippen LogP contribution >= 0.6 is 27.5 Å². The fourth-order valence-electron chi connectivity index (χ4n) is 2.60. The summed E-state index contributed by atoms with van der Waals surface area (Å²) in [5.41, 5.74) is 3.25. The lowest BCUT2D eigenvalue weighted by molar-refractivity contribution is 0.178. The molecule has 0 saturated carbocycles. The van der Waals surface area contributed by atoms with Gasteiger partial charge >= 0.3 is 0 Å². The van der Waals surface area contributed by atoms with E-state index < -0.39 is 0 Å². The third-order valence-electron chi connectivity index (χ3n) is 3.69. The van der Waals surface area contributed by atoms with Crippen molar-refractivity contribution < 1.29 is 4.74 Å². The van der Waals surface area contributed by atoms with Gasteiger partial charge in [0, 0.05) is 48.5 Å². The van der Waals surface area contributed by atoms with E-state index in [9.17, 15) is 0 Å². The number of halogens is 2. The second-order valence-corrected chi connectivity index (χ2v) is 6.52. The summed E-state index contributed by atoms with van der Waals surface area (Å²) in [6, 6.07) is 2.11. The van der Waals surface area contributed by atoms with Crippen molar-refractivity contribution >= 4 is 33.3 Å². The molecule has 0 N–H and O–H groups in total. The topological polar surface area (TPSA) is 51.1 Å². The monoisotopic (exact) mass is 382 g/mol. The third kappa shape index (κ3) is 3.09. The maximum absolute atomic E-state index is 6.25. The molecular weight excluding hydrogens is 368 g/mol. The first-order chi connectivity index (χ1) is 10.6. The second kappa shape index (κ2) is 6.48. The van der Waals surface area contributed by atoms with E-state index in [1.54, 1.807) is 7.11 Å². The molecule has 2 aromatic heterocycles. The van der Waals surface area contributed by atoms with Gasteiger partial charge in [-0.05, 0) is 34.5 Å². The molecule has 0 aromatic carbocycles. The molecule has 0 bridgehead atoms. The molecule has 1 aliphatic rings. The highest BCUT2D eigenvalue weighted by Crippen LogP contribution is 2.29. The molecule has 0 fully saturated rings. The number of fused-ring (bicyclic) bond motifs is 1. The van der Waals surface area contributed by atoms with Gasteiger partial charge in [0.25, 0.3) is 0 Å². The summed E-state index contributed by atoms with van der Waals surface area (Å²) >= 11 is 9.73. The molecule has 2 aromatic rings. The fraction of sp³-hybridized carbons (Fsp3) is 0.400. The first kappa shape index (κ1) is 15.6. The molecule has 0 radical (unpaired) electrons. The molecule has 22 heavy (non-hydrogen) atoms. The van der Waals surface area contributed by atoms with Crippen LogP contribution in [0.3, 0.4) is 0 Å². The molecule has 0 amide bonds. The predicted molar refractivity (Wildman–Crippen MR) is 89.2 cm³/mol. The lowest BCUT2D eigenvalue weighted by atomic mass is 10.1. The summed E-state index contributed by atoms with van der Waals surface area (Å²) in [5.74, 6) is 1.48. The van der Waals surface area contributed by atoms with Crippen LogP contribution < -0.4 is 4.90 Å². The number of rotatable bonds is 3. The van der Waals surface area contributed by atoms with Gasteiger partial charge in [0.15, 0.2) is 5.82 Å². The van der Waals surface area contributed by atoms with Crippen LogP contribution in [0.2, 0.25) is 5.15 Å². The molecule has 0 aliphatic carbocycles. The number of aromatic nitrogens is 3. The van der Waals surface area contributed by atoms with Gasteiger partial charge < -0.3 is 9.64 Å². The molecule has 0 saturated heterocycles. The zero-order valence-electron chi connectivity index (χ0n) is 12.4. The predicted octanol–water partition coefficient (Wildman–Crippen LogP) is 3.31. The van der Waals surface area contributed by atoms with Gasteiger partial charge in [-0.25, -0.2) is 9.97 Å². The maximum Gasteiger partial charge on any atom is 0.158 e. The van der Waals surface area contributed by atoms with E-state index in [1.165, 1.54) is 5.56 Å². The molecular formula is C15H16BrClN4O. The average molecular weight is 384 g/mol. The Kier molecular flexibility index (Phi) is 4.61. The first-order valence-electron chi connectivity index (χ1n) is 6.98. The van der Waals surface area contributed by atoms with Crippen LogP contribution in [0, 0.1) is 6.92 Å². The average Bonchev–Trinajstić information content (AvgIpc) is 2.50. The van der Waals surface area contributed by atoms with Crippen molar-refractivity contribution in [2.24, 2.45) is 0 Å². The number of nitrogens with zero attached hydrogens (tertiary/aromatic N) is 4. The summed E-state index contributed by atoms with van der Waals surface area (Å²) in [6.07, 6.45) is 2.74. The summed E-state index contributed by atoms with van der Waals surface area (Å²) in [6.45, 7) is 3.93. The van der Waals surface area contributed by atoms with Crippen molar-refractivity contribution in [3.63, 3.8) is 0 Å². The smallest absolute Gasteiger partial charge is 0.158 e. The van der Waals surface area contributed by atoms with E-state index in [2.05, 4.69) is 41.8 Å². The zero-order chi connectivity index (χ0) is 15.7. The molecule has 5 nitrogen and oxygen atoms in total. The first-order valence-corrected chi connectivity index (χ1v) is 8.15. The molecule has 116 valence electrons. The Labute approximate surface area is 142 Å². The van der Waals surface area contributed by atoms with Crippen molar-refractivity contribution in [1.29, 1.82) is 0 Å². The number of methoxy groups -OCH3 is 1. The normalized spacial score (nSPS) is 14.1. The van der Waals surface area contributed by atoms with E-state index in [1.807, 2.05) is 13.1 Å². The van der Waals surface area contributed by atoms with E-state index >= 15 is 0 Å². The van der Waals surface area contributed by atoms with Gasteiger partial charge in [0.2, 0.25) is 0 Å². The quantitative estimate of drug-likeness (QED) is 0.761.